The second-order valence-corrected chi connectivity index (χ2v) is 9.32. The molecule has 2 rings (SSSR count). The van der Waals surface area contributed by atoms with Gasteiger partial charge in [-0.3, -0.25) is 14.4 Å². The van der Waals surface area contributed by atoms with Gasteiger partial charge in [-0.05, 0) is 69.9 Å². The second kappa shape index (κ2) is 13.4. The number of carbonyl (C=O) groups excluding carboxylic acids is 3. The molecular weight excluding hydrogens is 450 g/mol. The molecule has 0 saturated carbocycles. The van der Waals surface area contributed by atoms with Crippen LogP contribution in [0.1, 0.15) is 62.4 Å². The highest BCUT2D eigenvalue weighted by Gasteiger charge is 2.18. The molecule has 7 nitrogen and oxygen atoms in total. The Kier molecular flexibility index (Phi) is 10.7. The third kappa shape index (κ3) is 10.6. The lowest BCUT2D eigenvalue weighted by atomic mass is 10.1. The summed E-state index contributed by atoms with van der Waals surface area (Å²) in [7, 11) is 0. The molecule has 0 aliphatic heterocycles. The Bertz CT molecular complexity index is 987. The molecular formula is C26H33N3O4S. The van der Waals surface area contributed by atoms with Crippen molar-refractivity contribution in [2.24, 2.45) is 0 Å². The van der Waals surface area contributed by atoms with E-state index in [0.29, 0.717) is 24.3 Å². The minimum Gasteiger partial charge on any atom is -0.466 e. The lowest BCUT2D eigenvalue weighted by molar-refractivity contribution is -0.143. The van der Waals surface area contributed by atoms with Crippen molar-refractivity contribution in [2.45, 2.75) is 58.4 Å². The minimum absolute atomic E-state index is 0.0875. The van der Waals surface area contributed by atoms with E-state index < -0.39 is 0 Å². The van der Waals surface area contributed by atoms with Crippen LogP contribution in [0.25, 0.3) is 0 Å². The van der Waals surface area contributed by atoms with Gasteiger partial charge in [0, 0.05) is 18.4 Å². The van der Waals surface area contributed by atoms with E-state index in [-0.39, 0.29) is 41.3 Å². The summed E-state index contributed by atoms with van der Waals surface area (Å²) in [4.78, 5) is 36.6. The molecule has 0 bridgehead atoms. The molecule has 2 aromatic rings. The molecule has 34 heavy (non-hydrogen) atoms. The number of ether oxygens (including phenoxy) is 1. The average molecular weight is 484 g/mol. The fourth-order valence-corrected chi connectivity index (χ4v) is 3.34. The van der Waals surface area contributed by atoms with E-state index >= 15 is 0 Å². The number of benzene rings is 2. The van der Waals surface area contributed by atoms with Gasteiger partial charge in [-0.15, -0.1) is 0 Å². The molecule has 0 atom stereocenters. The topological polar surface area (TPSA) is 96.5 Å². The molecule has 182 valence electrons. The molecule has 3 N–H and O–H groups in total. The summed E-state index contributed by atoms with van der Waals surface area (Å²) in [5.41, 5.74) is 1.73. The summed E-state index contributed by atoms with van der Waals surface area (Å²) in [5.74, 6) is -0.877. The van der Waals surface area contributed by atoms with Crippen LogP contribution < -0.4 is 16.0 Å². The third-order valence-corrected chi connectivity index (χ3v) is 4.87. The van der Waals surface area contributed by atoms with Crippen LogP contribution in [0.4, 0.5) is 5.69 Å². The van der Waals surface area contributed by atoms with E-state index in [9.17, 15) is 14.4 Å². The fraction of sp³-hybridized carbons (Fsp3) is 0.385. The fourth-order valence-electron chi connectivity index (χ4n) is 3.11. The van der Waals surface area contributed by atoms with E-state index in [1.807, 2.05) is 51.1 Å². The van der Waals surface area contributed by atoms with Crippen LogP contribution in [0.3, 0.4) is 0 Å². The van der Waals surface area contributed by atoms with E-state index in [2.05, 4.69) is 16.0 Å². The van der Waals surface area contributed by atoms with Gasteiger partial charge in [0.05, 0.1) is 17.9 Å². The summed E-state index contributed by atoms with van der Waals surface area (Å²) >= 11 is 5.21. The highest BCUT2D eigenvalue weighted by molar-refractivity contribution is 7.80. The Morgan fingerprint density at radius 2 is 1.59 bits per heavy atom. The number of hydrogen-bond acceptors (Lipinski definition) is 5. The van der Waals surface area contributed by atoms with Gasteiger partial charge < -0.3 is 20.7 Å². The van der Waals surface area contributed by atoms with Gasteiger partial charge in [0.25, 0.3) is 5.91 Å². The molecule has 0 saturated heterocycles. The van der Waals surface area contributed by atoms with Gasteiger partial charge in [-0.25, -0.2) is 0 Å². The largest absolute Gasteiger partial charge is 0.466 e. The van der Waals surface area contributed by atoms with Gasteiger partial charge in [-0.2, -0.15) is 0 Å². The summed E-state index contributed by atoms with van der Waals surface area (Å²) in [5, 5.41) is 8.48. The normalized spacial score (nSPS) is 10.8. The van der Waals surface area contributed by atoms with Gasteiger partial charge >= 0.3 is 5.97 Å². The lowest BCUT2D eigenvalue weighted by Crippen LogP contribution is -2.41. The van der Waals surface area contributed by atoms with E-state index in [4.69, 9.17) is 17.0 Å². The highest BCUT2D eigenvalue weighted by Crippen LogP contribution is 2.16. The first-order valence-electron chi connectivity index (χ1n) is 11.4. The smallest absolute Gasteiger partial charge is 0.305 e. The first-order valence-corrected chi connectivity index (χ1v) is 11.8. The maximum Gasteiger partial charge on any atom is 0.305 e. The predicted octanol–water partition coefficient (Wildman–Crippen LogP) is 4.37. The van der Waals surface area contributed by atoms with Gasteiger partial charge in [0.2, 0.25) is 5.91 Å². The summed E-state index contributed by atoms with van der Waals surface area (Å²) in [6.07, 6.45) is 2.26. The zero-order valence-corrected chi connectivity index (χ0v) is 20.8. The van der Waals surface area contributed by atoms with Gasteiger partial charge in [-0.1, -0.05) is 42.5 Å². The Labute approximate surface area is 206 Å². The van der Waals surface area contributed by atoms with Crippen LogP contribution in [0.2, 0.25) is 0 Å². The van der Waals surface area contributed by atoms with Crippen LogP contribution in [-0.2, 0) is 20.7 Å². The van der Waals surface area contributed by atoms with Crippen molar-refractivity contribution in [2.75, 3.05) is 11.9 Å². The molecule has 8 heteroatoms. The molecule has 2 amide bonds. The molecule has 2 aromatic carbocycles. The van der Waals surface area contributed by atoms with Crippen molar-refractivity contribution < 1.29 is 19.1 Å². The monoisotopic (exact) mass is 483 g/mol. The van der Waals surface area contributed by atoms with Crippen LogP contribution in [0, 0.1) is 0 Å². The first kappa shape index (κ1) is 27.0. The molecule has 0 radical (unpaired) electrons. The van der Waals surface area contributed by atoms with Crippen molar-refractivity contribution in [1.29, 1.82) is 0 Å². The number of para-hydroxylation sites is 1. The van der Waals surface area contributed by atoms with Gasteiger partial charge in [0.15, 0.2) is 5.11 Å². The van der Waals surface area contributed by atoms with Crippen LogP contribution >= 0.6 is 12.2 Å². The van der Waals surface area contributed by atoms with Crippen LogP contribution in [-0.4, -0.2) is 35.0 Å². The summed E-state index contributed by atoms with van der Waals surface area (Å²) in [6.45, 7) is 6.04. The molecule has 0 spiro atoms. The number of esters is 1. The summed E-state index contributed by atoms with van der Waals surface area (Å²) in [6, 6.07) is 16.9. The molecule has 0 aliphatic rings. The standard InChI is InChI=1S/C26H33N3O4S/c1-26(2,3)29-24(32)20-14-7-8-15-21(20)27-25(34)28-22(30)16-9-17-23(31)33-18-10-13-19-11-5-4-6-12-19/h4-8,11-12,14-15H,9-10,13,16-18H2,1-3H3,(H,29,32)(H2,27,28,30,34). The zero-order chi connectivity index (χ0) is 25.0. The number of carbonyl (C=O) groups is 3. The SMILES string of the molecule is CC(C)(C)NC(=O)c1ccccc1NC(=S)NC(=O)CCCC(=O)OCCCc1ccccc1. The van der Waals surface area contributed by atoms with Crippen LogP contribution in [0.5, 0.6) is 0 Å². The van der Waals surface area contributed by atoms with E-state index in [0.717, 1.165) is 12.8 Å². The molecule has 0 unspecified atom stereocenters. The van der Waals surface area contributed by atoms with Crippen molar-refractivity contribution in [1.82, 2.24) is 10.6 Å². The third-order valence-electron chi connectivity index (χ3n) is 4.66. The van der Waals surface area contributed by atoms with Gasteiger partial charge in [0.1, 0.15) is 0 Å². The number of nitrogens with one attached hydrogen (secondary N) is 3. The Balaban J connectivity index is 1.68. The number of aryl methyl sites for hydroxylation is 1. The number of amides is 2. The highest BCUT2D eigenvalue weighted by atomic mass is 32.1. The Morgan fingerprint density at radius 1 is 0.912 bits per heavy atom. The summed E-state index contributed by atoms with van der Waals surface area (Å²) < 4.78 is 5.23. The van der Waals surface area contributed by atoms with E-state index in [1.165, 1.54) is 5.56 Å². The number of rotatable bonds is 10. The molecule has 0 aromatic heterocycles. The molecule has 0 fully saturated rings. The quantitative estimate of drug-likeness (QED) is 0.264. The average Bonchev–Trinajstić information content (AvgIpc) is 2.76. The van der Waals surface area contributed by atoms with Crippen molar-refractivity contribution in [3.05, 3.63) is 65.7 Å². The van der Waals surface area contributed by atoms with Crippen molar-refractivity contribution in [3.63, 3.8) is 0 Å². The lowest BCUT2D eigenvalue weighted by Gasteiger charge is -2.21. The minimum atomic E-state index is -0.387. The van der Waals surface area contributed by atoms with E-state index in [1.54, 1.807) is 24.3 Å². The zero-order valence-electron chi connectivity index (χ0n) is 20.0. The van der Waals surface area contributed by atoms with Crippen molar-refractivity contribution in [3.8, 4) is 0 Å². The number of hydrogen-bond donors (Lipinski definition) is 3. The Morgan fingerprint density at radius 3 is 2.29 bits per heavy atom. The maximum absolute atomic E-state index is 12.5. The van der Waals surface area contributed by atoms with Crippen LogP contribution in [0.15, 0.2) is 54.6 Å². The maximum atomic E-state index is 12.5. The Hall–Kier alpha value is -3.26. The number of anilines is 1. The predicted molar refractivity (Wildman–Crippen MR) is 138 cm³/mol. The first-order chi connectivity index (χ1) is 16.1. The second-order valence-electron chi connectivity index (χ2n) is 8.92. The molecule has 0 aliphatic carbocycles. The molecule has 0 heterocycles. The van der Waals surface area contributed by atoms with Crippen molar-refractivity contribution >= 4 is 40.8 Å². The number of thiocarbonyl (C=S) groups is 1.